The number of rotatable bonds is 6. The number of hydrogen-bond acceptors (Lipinski definition) is 4. The number of halogens is 3. The van der Waals surface area contributed by atoms with Crippen LogP contribution in [-0.2, 0) is 6.54 Å². The fourth-order valence-corrected chi connectivity index (χ4v) is 4.09. The average molecular weight is 443 g/mol. The van der Waals surface area contributed by atoms with Gasteiger partial charge in [0.2, 0.25) is 0 Å². The van der Waals surface area contributed by atoms with Crippen molar-refractivity contribution in [3.05, 3.63) is 76.9 Å². The molecule has 1 fully saturated rings. The molecule has 31 heavy (non-hydrogen) atoms. The van der Waals surface area contributed by atoms with E-state index in [4.69, 9.17) is 17.3 Å². The van der Waals surface area contributed by atoms with E-state index >= 15 is 0 Å². The van der Waals surface area contributed by atoms with Gasteiger partial charge < -0.3 is 16.4 Å². The van der Waals surface area contributed by atoms with Crippen LogP contribution in [0.1, 0.15) is 31.2 Å². The molecule has 0 aliphatic heterocycles. The van der Waals surface area contributed by atoms with E-state index in [0.29, 0.717) is 40.2 Å². The highest BCUT2D eigenvalue weighted by molar-refractivity contribution is 6.33. The van der Waals surface area contributed by atoms with Gasteiger partial charge in [-0.2, -0.15) is 0 Å². The molecule has 4 nitrogen and oxygen atoms in total. The van der Waals surface area contributed by atoms with Crippen molar-refractivity contribution < 1.29 is 8.78 Å². The first-order valence-electron chi connectivity index (χ1n) is 10.4. The molecular formula is C24H25ClF2N4. The molecule has 0 atom stereocenters. The third kappa shape index (κ3) is 5.51. The first-order valence-corrected chi connectivity index (χ1v) is 10.8. The summed E-state index contributed by atoms with van der Waals surface area (Å²) in [6.45, 7) is 0.420. The Balaban J connectivity index is 1.53. The van der Waals surface area contributed by atoms with Crippen LogP contribution in [0, 0.1) is 11.6 Å². The van der Waals surface area contributed by atoms with Crippen LogP contribution in [0.5, 0.6) is 0 Å². The summed E-state index contributed by atoms with van der Waals surface area (Å²) in [5.74, 6) is -0.000897. The second kappa shape index (κ2) is 9.62. The molecule has 1 heterocycles. The Bertz CT molecular complexity index is 1050. The van der Waals surface area contributed by atoms with Crippen LogP contribution >= 0.6 is 11.6 Å². The Morgan fingerprint density at radius 3 is 2.58 bits per heavy atom. The van der Waals surface area contributed by atoms with E-state index < -0.39 is 0 Å². The molecule has 0 amide bonds. The third-order valence-electron chi connectivity index (χ3n) is 5.62. The van der Waals surface area contributed by atoms with Crippen molar-refractivity contribution in [1.29, 1.82) is 0 Å². The summed E-state index contributed by atoms with van der Waals surface area (Å²) in [5.41, 5.74) is 8.44. The minimum atomic E-state index is -0.376. The van der Waals surface area contributed by atoms with Crippen LogP contribution in [0.2, 0.25) is 5.02 Å². The van der Waals surface area contributed by atoms with Gasteiger partial charge >= 0.3 is 0 Å². The SMILES string of the molecule is NC1CCC(Nc2cc(-c3cc(NCc4cccc(F)c4)ccc3F)c(Cl)cn2)CC1. The van der Waals surface area contributed by atoms with Gasteiger partial charge in [0, 0.05) is 41.6 Å². The maximum Gasteiger partial charge on any atom is 0.131 e. The van der Waals surface area contributed by atoms with E-state index in [1.165, 1.54) is 18.2 Å². The van der Waals surface area contributed by atoms with Gasteiger partial charge in [0.05, 0.1) is 5.02 Å². The largest absolute Gasteiger partial charge is 0.381 e. The summed E-state index contributed by atoms with van der Waals surface area (Å²) in [4.78, 5) is 4.37. The topological polar surface area (TPSA) is 63.0 Å². The Morgan fingerprint density at radius 1 is 1.00 bits per heavy atom. The summed E-state index contributed by atoms with van der Waals surface area (Å²) in [5, 5.41) is 7.01. The first kappa shape index (κ1) is 21.5. The highest BCUT2D eigenvalue weighted by Gasteiger charge is 2.19. The van der Waals surface area contributed by atoms with Gasteiger partial charge in [0.15, 0.2) is 0 Å². The quantitative estimate of drug-likeness (QED) is 0.439. The highest BCUT2D eigenvalue weighted by atomic mass is 35.5. The van der Waals surface area contributed by atoms with Crippen LogP contribution in [0.3, 0.4) is 0 Å². The number of aromatic nitrogens is 1. The lowest BCUT2D eigenvalue weighted by Crippen LogP contribution is -2.33. The summed E-state index contributed by atoms with van der Waals surface area (Å²) < 4.78 is 28.1. The van der Waals surface area contributed by atoms with Crippen molar-refractivity contribution in [3.8, 4) is 11.1 Å². The number of nitrogens with two attached hydrogens (primary N) is 1. The molecule has 1 aliphatic rings. The standard InChI is InChI=1S/C24H25ClF2N4/c25-22-14-30-24(31-18-6-4-17(28)5-7-18)12-20(22)21-11-19(8-9-23(21)27)29-13-15-2-1-3-16(26)10-15/h1-3,8-12,14,17-18,29H,4-7,13,28H2,(H,30,31). The molecule has 1 aromatic heterocycles. The van der Waals surface area contributed by atoms with Crippen LogP contribution < -0.4 is 16.4 Å². The van der Waals surface area contributed by atoms with Crippen LogP contribution in [0.4, 0.5) is 20.3 Å². The summed E-state index contributed by atoms with van der Waals surface area (Å²) in [6.07, 6.45) is 5.46. The number of pyridine rings is 1. The van der Waals surface area contributed by atoms with E-state index in [2.05, 4.69) is 15.6 Å². The zero-order valence-corrected chi connectivity index (χ0v) is 17.8. The van der Waals surface area contributed by atoms with Gasteiger partial charge in [0.1, 0.15) is 17.5 Å². The first-order chi connectivity index (χ1) is 15.0. The molecule has 0 radical (unpaired) electrons. The Morgan fingerprint density at radius 2 is 1.81 bits per heavy atom. The maximum atomic E-state index is 14.7. The number of benzene rings is 2. The van der Waals surface area contributed by atoms with Gasteiger partial charge in [-0.3, -0.25) is 0 Å². The van der Waals surface area contributed by atoms with E-state index in [0.717, 1.165) is 31.2 Å². The molecule has 0 spiro atoms. The van der Waals surface area contributed by atoms with Crippen molar-refractivity contribution in [2.24, 2.45) is 5.73 Å². The molecule has 1 saturated carbocycles. The van der Waals surface area contributed by atoms with Gasteiger partial charge in [-0.15, -0.1) is 0 Å². The van der Waals surface area contributed by atoms with E-state index in [1.807, 2.05) is 6.07 Å². The minimum Gasteiger partial charge on any atom is -0.381 e. The van der Waals surface area contributed by atoms with Crippen LogP contribution in [-0.4, -0.2) is 17.1 Å². The van der Waals surface area contributed by atoms with Crippen molar-refractivity contribution >= 4 is 23.1 Å². The molecule has 4 rings (SSSR count). The lowest BCUT2D eigenvalue weighted by atomic mass is 9.92. The van der Waals surface area contributed by atoms with E-state index in [9.17, 15) is 8.78 Å². The van der Waals surface area contributed by atoms with Crippen molar-refractivity contribution in [2.75, 3.05) is 10.6 Å². The zero-order chi connectivity index (χ0) is 21.8. The van der Waals surface area contributed by atoms with Crippen LogP contribution in [0.15, 0.2) is 54.7 Å². The minimum absolute atomic E-state index is 0.267. The molecule has 3 aromatic rings. The number of nitrogens with zero attached hydrogens (tertiary/aromatic N) is 1. The predicted molar refractivity (Wildman–Crippen MR) is 122 cm³/mol. The number of hydrogen-bond donors (Lipinski definition) is 3. The average Bonchev–Trinajstić information content (AvgIpc) is 2.76. The molecule has 7 heteroatoms. The highest BCUT2D eigenvalue weighted by Crippen LogP contribution is 2.33. The molecule has 0 bridgehead atoms. The fourth-order valence-electron chi connectivity index (χ4n) is 3.89. The molecule has 2 aromatic carbocycles. The molecular weight excluding hydrogens is 418 g/mol. The lowest BCUT2D eigenvalue weighted by molar-refractivity contribution is 0.410. The van der Waals surface area contributed by atoms with Gasteiger partial charge in [-0.25, -0.2) is 13.8 Å². The smallest absolute Gasteiger partial charge is 0.131 e. The molecule has 1 aliphatic carbocycles. The third-order valence-corrected chi connectivity index (χ3v) is 5.92. The number of nitrogens with one attached hydrogen (secondary N) is 2. The molecule has 4 N–H and O–H groups in total. The van der Waals surface area contributed by atoms with E-state index in [1.54, 1.807) is 30.5 Å². The van der Waals surface area contributed by atoms with Gasteiger partial charge in [0.25, 0.3) is 0 Å². The Labute approximate surface area is 185 Å². The molecule has 0 unspecified atom stereocenters. The van der Waals surface area contributed by atoms with Crippen molar-refractivity contribution in [3.63, 3.8) is 0 Å². The molecule has 162 valence electrons. The monoisotopic (exact) mass is 442 g/mol. The van der Waals surface area contributed by atoms with Gasteiger partial charge in [-0.05, 0) is 67.6 Å². The van der Waals surface area contributed by atoms with Crippen molar-refractivity contribution in [1.82, 2.24) is 4.98 Å². The fraction of sp³-hybridized carbons (Fsp3) is 0.292. The van der Waals surface area contributed by atoms with E-state index in [-0.39, 0.29) is 17.7 Å². The summed E-state index contributed by atoms with van der Waals surface area (Å²) in [7, 11) is 0. The van der Waals surface area contributed by atoms with Crippen LogP contribution in [0.25, 0.3) is 11.1 Å². The summed E-state index contributed by atoms with van der Waals surface area (Å²) >= 11 is 6.37. The number of anilines is 2. The predicted octanol–water partition coefficient (Wildman–Crippen LogP) is 5.97. The maximum absolute atomic E-state index is 14.7. The second-order valence-electron chi connectivity index (χ2n) is 7.98. The Hall–Kier alpha value is -2.70. The lowest BCUT2D eigenvalue weighted by Gasteiger charge is -2.27. The van der Waals surface area contributed by atoms with Crippen molar-refractivity contribution in [2.45, 2.75) is 44.3 Å². The Kier molecular flexibility index (Phi) is 6.68. The molecule has 0 saturated heterocycles. The zero-order valence-electron chi connectivity index (χ0n) is 17.0. The van der Waals surface area contributed by atoms with Gasteiger partial charge in [-0.1, -0.05) is 23.7 Å². The second-order valence-corrected chi connectivity index (χ2v) is 8.39. The summed E-state index contributed by atoms with van der Waals surface area (Å²) in [6, 6.07) is 13.5. The normalized spacial score (nSPS) is 18.6.